The van der Waals surface area contributed by atoms with Crippen molar-refractivity contribution in [2.24, 2.45) is 0 Å². The SMILES string of the molecule is C=C(C)CC/C=C(/C)c1ccccc1. The minimum atomic E-state index is 1.09. The molecule has 0 saturated carbocycles. The highest BCUT2D eigenvalue weighted by Crippen LogP contribution is 2.14. The average molecular weight is 186 g/mol. The zero-order valence-corrected chi connectivity index (χ0v) is 9.09. The fraction of sp³-hybridized carbons (Fsp3) is 0.286. The summed E-state index contributed by atoms with van der Waals surface area (Å²) in [5.74, 6) is 0. The lowest BCUT2D eigenvalue weighted by Crippen LogP contribution is -1.79. The number of rotatable bonds is 4. The summed E-state index contributed by atoms with van der Waals surface area (Å²) in [6.45, 7) is 8.13. The van der Waals surface area contributed by atoms with Gasteiger partial charge >= 0.3 is 0 Å². The van der Waals surface area contributed by atoms with E-state index in [0.717, 1.165) is 12.8 Å². The molecule has 0 bridgehead atoms. The molecule has 1 rings (SSSR count). The van der Waals surface area contributed by atoms with Gasteiger partial charge in [-0.1, -0.05) is 42.0 Å². The zero-order chi connectivity index (χ0) is 10.4. The molecule has 0 fully saturated rings. The summed E-state index contributed by atoms with van der Waals surface area (Å²) in [6.07, 6.45) is 4.46. The predicted octanol–water partition coefficient (Wildman–Crippen LogP) is 4.45. The molecule has 0 aliphatic rings. The van der Waals surface area contributed by atoms with Gasteiger partial charge in [-0.15, -0.1) is 6.58 Å². The third-order valence-electron chi connectivity index (χ3n) is 2.25. The molecule has 0 spiro atoms. The quantitative estimate of drug-likeness (QED) is 0.609. The van der Waals surface area contributed by atoms with Crippen molar-refractivity contribution in [2.45, 2.75) is 26.7 Å². The van der Waals surface area contributed by atoms with Crippen LogP contribution in [-0.2, 0) is 0 Å². The smallest absolute Gasteiger partial charge is 0.0231 e. The fourth-order valence-electron chi connectivity index (χ4n) is 1.35. The van der Waals surface area contributed by atoms with Crippen LogP contribution in [0.3, 0.4) is 0 Å². The van der Waals surface area contributed by atoms with Crippen molar-refractivity contribution < 1.29 is 0 Å². The summed E-state index contributed by atoms with van der Waals surface area (Å²) >= 11 is 0. The fourth-order valence-corrected chi connectivity index (χ4v) is 1.35. The van der Waals surface area contributed by atoms with Crippen molar-refractivity contribution in [2.75, 3.05) is 0 Å². The second-order valence-electron chi connectivity index (χ2n) is 3.75. The van der Waals surface area contributed by atoms with Gasteiger partial charge in [-0.05, 0) is 37.8 Å². The van der Waals surface area contributed by atoms with Crippen molar-refractivity contribution >= 4 is 5.57 Å². The third kappa shape index (κ3) is 3.61. The zero-order valence-electron chi connectivity index (χ0n) is 9.09. The Labute approximate surface area is 87.0 Å². The number of benzene rings is 1. The maximum absolute atomic E-state index is 3.90. The lowest BCUT2D eigenvalue weighted by atomic mass is 10.1. The van der Waals surface area contributed by atoms with Crippen molar-refractivity contribution in [3.05, 3.63) is 54.1 Å². The van der Waals surface area contributed by atoms with E-state index in [1.54, 1.807) is 0 Å². The number of allylic oxidation sites excluding steroid dienone is 3. The molecule has 0 heteroatoms. The van der Waals surface area contributed by atoms with E-state index < -0.39 is 0 Å². The summed E-state index contributed by atoms with van der Waals surface area (Å²) in [6, 6.07) is 10.5. The molecule has 1 aromatic rings. The minimum Gasteiger partial charge on any atom is -0.100 e. The molecule has 74 valence electrons. The van der Waals surface area contributed by atoms with Crippen molar-refractivity contribution in [1.82, 2.24) is 0 Å². The Balaban J connectivity index is 2.57. The predicted molar refractivity (Wildman–Crippen MR) is 64.1 cm³/mol. The molecule has 0 unspecified atom stereocenters. The molecule has 1 aromatic carbocycles. The summed E-state index contributed by atoms with van der Waals surface area (Å²) in [7, 11) is 0. The van der Waals surface area contributed by atoms with E-state index in [1.807, 2.05) is 6.07 Å². The van der Waals surface area contributed by atoms with Crippen LogP contribution in [-0.4, -0.2) is 0 Å². The maximum Gasteiger partial charge on any atom is -0.0231 e. The minimum absolute atomic E-state index is 1.09. The normalized spacial score (nSPS) is 11.4. The third-order valence-corrected chi connectivity index (χ3v) is 2.25. The van der Waals surface area contributed by atoms with Gasteiger partial charge in [0.05, 0.1) is 0 Å². The molecule has 14 heavy (non-hydrogen) atoms. The summed E-state index contributed by atoms with van der Waals surface area (Å²) in [5, 5.41) is 0. The summed E-state index contributed by atoms with van der Waals surface area (Å²) in [5.41, 5.74) is 3.92. The van der Waals surface area contributed by atoms with E-state index in [2.05, 4.69) is 50.8 Å². The lowest BCUT2D eigenvalue weighted by Gasteiger charge is -2.01. The standard InChI is InChI=1S/C14H18/c1-12(2)8-7-9-13(3)14-10-5-4-6-11-14/h4-6,9-11H,1,7-8H2,2-3H3/b13-9-. The van der Waals surface area contributed by atoms with E-state index in [9.17, 15) is 0 Å². The molecular formula is C14H18. The van der Waals surface area contributed by atoms with Gasteiger partial charge in [0, 0.05) is 0 Å². The molecule has 0 aliphatic heterocycles. The van der Waals surface area contributed by atoms with Gasteiger partial charge in [0.1, 0.15) is 0 Å². The van der Waals surface area contributed by atoms with Crippen LogP contribution < -0.4 is 0 Å². The van der Waals surface area contributed by atoms with E-state index in [0.29, 0.717) is 0 Å². The van der Waals surface area contributed by atoms with Crippen molar-refractivity contribution in [3.63, 3.8) is 0 Å². The Morgan fingerprint density at radius 1 is 1.21 bits per heavy atom. The molecule has 0 radical (unpaired) electrons. The van der Waals surface area contributed by atoms with Crippen molar-refractivity contribution in [3.8, 4) is 0 Å². The maximum atomic E-state index is 3.90. The van der Waals surface area contributed by atoms with Gasteiger partial charge in [-0.2, -0.15) is 0 Å². The molecule has 0 nitrogen and oxygen atoms in total. The molecule has 0 aliphatic carbocycles. The first-order valence-corrected chi connectivity index (χ1v) is 5.06. The largest absolute Gasteiger partial charge is 0.100 e. The van der Waals surface area contributed by atoms with E-state index in [4.69, 9.17) is 0 Å². The molecule has 0 heterocycles. The highest BCUT2D eigenvalue weighted by molar-refractivity contribution is 5.63. The van der Waals surface area contributed by atoms with Gasteiger partial charge in [-0.25, -0.2) is 0 Å². The Hall–Kier alpha value is -1.30. The van der Waals surface area contributed by atoms with E-state index in [1.165, 1.54) is 16.7 Å². The first-order valence-electron chi connectivity index (χ1n) is 5.06. The second kappa shape index (κ2) is 5.43. The highest BCUT2D eigenvalue weighted by Gasteiger charge is 1.92. The van der Waals surface area contributed by atoms with Crippen LogP contribution in [0.5, 0.6) is 0 Å². The highest BCUT2D eigenvalue weighted by atomic mass is 14.0. The average Bonchev–Trinajstić information content (AvgIpc) is 2.18. The van der Waals surface area contributed by atoms with Gasteiger partial charge in [0.25, 0.3) is 0 Å². The van der Waals surface area contributed by atoms with Gasteiger partial charge < -0.3 is 0 Å². The Kier molecular flexibility index (Phi) is 4.18. The summed E-state index contributed by atoms with van der Waals surface area (Å²) in [4.78, 5) is 0. The van der Waals surface area contributed by atoms with Crippen molar-refractivity contribution in [1.29, 1.82) is 0 Å². The van der Waals surface area contributed by atoms with Crippen LogP contribution >= 0.6 is 0 Å². The molecular weight excluding hydrogens is 168 g/mol. The molecule has 0 atom stereocenters. The van der Waals surface area contributed by atoms with Gasteiger partial charge in [0.2, 0.25) is 0 Å². The Bertz CT molecular complexity index is 317. The lowest BCUT2D eigenvalue weighted by molar-refractivity contribution is 0.984. The van der Waals surface area contributed by atoms with Crippen LogP contribution in [0.4, 0.5) is 0 Å². The van der Waals surface area contributed by atoms with Gasteiger partial charge in [-0.3, -0.25) is 0 Å². The Morgan fingerprint density at radius 2 is 1.86 bits per heavy atom. The first-order chi connectivity index (χ1) is 6.70. The molecule has 0 saturated heterocycles. The Morgan fingerprint density at radius 3 is 2.43 bits per heavy atom. The molecule has 0 aromatic heterocycles. The van der Waals surface area contributed by atoms with Crippen LogP contribution in [0.2, 0.25) is 0 Å². The monoisotopic (exact) mass is 186 g/mol. The molecule has 0 N–H and O–H groups in total. The number of hydrogen-bond acceptors (Lipinski definition) is 0. The molecule has 0 amide bonds. The first kappa shape index (κ1) is 10.8. The van der Waals surface area contributed by atoms with E-state index >= 15 is 0 Å². The van der Waals surface area contributed by atoms with Crippen LogP contribution in [0.1, 0.15) is 32.3 Å². The van der Waals surface area contributed by atoms with Crippen LogP contribution in [0.25, 0.3) is 5.57 Å². The summed E-state index contributed by atoms with van der Waals surface area (Å²) < 4.78 is 0. The van der Waals surface area contributed by atoms with Crippen LogP contribution in [0, 0.1) is 0 Å². The number of hydrogen-bond donors (Lipinski definition) is 0. The second-order valence-corrected chi connectivity index (χ2v) is 3.75. The van der Waals surface area contributed by atoms with Crippen LogP contribution in [0.15, 0.2) is 48.6 Å². The van der Waals surface area contributed by atoms with Gasteiger partial charge in [0.15, 0.2) is 0 Å². The van der Waals surface area contributed by atoms with E-state index in [-0.39, 0.29) is 0 Å². The topological polar surface area (TPSA) is 0 Å².